The first-order valence-electron chi connectivity index (χ1n) is 5.59. The number of anilines is 1. The van der Waals surface area contributed by atoms with Crippen molar-refractivity contribution < 1.29 is 0 Å². The van der Waals surface area contributed by atoms with Gasteiger partial charge >= 0.3 is 0 Å². The van der Waals surface area contributed by atoms with E-state index in [1.807, 2.05) is 6.92 Å². The van der Waals surface area contributed by atoms with E-state index >= 15 is 0 Å². The largest absolute Gasteiger partial charge is 0.370 e. The van der Waals surface area contributed by atoms with E-state index < -0.39 is 0 Å². The first-order chi connectivity index (χ1) is 8.90. The second kappa shape index (κ2) is 4.36. The molecule has 0 aliphatic rings. The van der Waals surface area contributed by atoms with Crippen LogP contribution in [0.4, 0.5) is 5.82 Å². The second-order valence-corrected chi connectivity index (χ2v) is 3.61. The third-order valence-electron chi connectivity index (χ3n) is 2.48. The minimum absolute atomic E-state index is 0.633. The first kappa shape index (κ1) is 10.6. The quantitative estimate of drug-likeness (QED) is 0.737. The number of nitrogens with one attached hydrogen (secondary N) is 1. The van der Waals surface area contributed by atoms with Gasteiger partial charge in [0.25, 0.3) is 0 Å². The topological polar surface area (TPSA) is 81.4 Å². The normalized spacial score (nSPS) is 10.7. The minimum atomic E-state index is 0.633. The van der Waals surface area contributed by atoms with Crippen LogP contribution in [0.3, 0.4) is 0 Å². The molecule has 0 saturated carbocycles. The Balaban J connectivity index is 2.18. The maximum atomic E-state index is 4.28. The van der Waals surface area contributed by atoms with Gasteiger partial charge in [-0.05, 0) is 6.92 Å². The van der Waals surface area contributed by atoms with Crippen molar-refractivity contribution in [3.8, 4) is 5.82 Å². The smallest absolute Gasteiger partial charge is 0.174 e. The van der Waals surface area contributed by atoms with E-state index in [0.29, 0.717) is 11.5 Å². The zero-order valence-corrected chi connectivity index (χ0v) is 9.78. The highest BCUT2D eigenvalue weighted by Gasteiger charge is 2.10. The van der Waals surface area contributed by atoms with Crippen LogP contribution in [0.2, 0.25) is 0 Å². The van der Waals surface area contributed by atoms with E-state index in [1.165, 1.54) is 6.33 Å². The lowest BCUT2D eigenvalue weighted by Crippen LogP contribution is -2.03. The Morgan fingerprint density at radius 3 is 2.89 bits per heavy atom. The Hall–Kier alpha value is -2.57. The first-order valence-corrected chi connectivity index (χ1v) is 5.59. The lowest BCUT2D eigenvalue weighted by Gasteiger charge is -2.03. The molecule has 1 N–H and O–H groups in total. The molecule has 7 heteroatoms. The molecule has 3 rings (SSSR count). The molecule has 0 fully saturated rings. The van der Waals surface area contributed by atoms with E-state index in [1.54, 1.807) is 29.5 Å². The molecule has 0 aliphatic carbocycles. The highest BCUT2D eigenvalue weighted by atomic mass is 15.3. The van der Waals surface area contributed by atoms with E-state index in [0.717, 1.165) is 17.7 Å². The van der Waals surface area contributed by atoms with Crippen molar-refractivity contribution in [3.63, 3.8) is 0 Å². The predicted molar refractivity (Wildman–Crippen MR) is 66.4 cm³/mol. The average Bonchev–Trinajstić information content (AvgIpc) is 2.85. The number of fused-ring (bicyclic) bond motifs is 1. The van der Waals surface area contributed by atoms with Crippen molar-refractivity contribution in [2.45, 2.75) is 6.92 Å². The molecule has 18 heavy (non-hydrogen) atoms. The van der Waals surface area contributed by atoms with Crippen LogP contribution in [0.5, 0.6) is 0 Å². The Kier molecular flexibility index (Phi) is 2.56. The lowest BCUT2D eigenvalue weighted by atomic mass is 10.4. The standard InChI is InChI=1S/C11H11N7/c1-2-13-10-8-5-17-18(11(8)16-7-15-10)9-6-12-3-4-14-9/h3-7H,2H2,1H3,(H,13,15,16). The fourth-order valence-corrected chi connectivity index (χ4v) is 1.72. The second-order valence-electron chi connectivity index (χ2n) is 3.61. The molecular formula is C11H11N7. The van der Waals surface area contributed by atoms with Crippen molar-refractivity contribution in [3.05, 3.63) is 31.1 Å². The SMILES string of the molecule is CCNc1ncnc2c1cnn2-c1cnccn1. The summed E-state index contributed by atoms with van der Waals surface area (Å²) in [5.74, 6) is 1.41. The Morgan fingerprint density at radius 2 is 2.11 bits per heavy atom. The van der Waals surface area contributed by atoms with Crippen molar-refractivity contribution in [2.24, 2.45) is 0 Å². The summed E-state index contributed by atoms with van der Waals surface area (Å²) in [7, 11) is 0. The lowest BCUT2D eigenvalue weighted by molar-refractivity contribution is 0.852. The van der Waals surface area contributed by atoms with Gasteiger partial charge in [-0.15, -0.1) is 0 Å². The van der Waals surface area contributed by atoms with Crippen LogP contribution in [0.15, 0.2) is 31.1 Å². The summed E-state index contributed by atoms with van der Waals surface area (Å²) in [5.41, 5.74) is 0.710. The summed E-state index contributed by atoms with van der Waals surface area (Å²) in [4.78, 5) is 16.7. The maximum absolute atomic E-state index is 4.28. The molecule has 90 valence electrons. The number of rotatable bonds is 3. The third-order valence-corrected chi connectivity index (χ3v) is 2.48. The van der Waals surface area contributed by atoms with Crippen LogP contribution < -0.4 is 5.32 Å². The van der Waals surface area contributed by atoms with Crippen molar-refractivity contribution in [1.82, 2.24) is 29.7 Å². The molecule has 0 atom stereocenters. The van der Waals surface area contributed by atoms with Gasteiger partial charge in [0, 0.05) is 18.9 Å². The van der Waals surface area contributed by atoms with E-state index in [2.05, 4.69) is 30.4 Å². The zero-order valence-electron chi connectivity index (χ0n) is 9.78. The Bertz CT molecular complexity index is 661. The molecule has 0 spiro atoms. The Morgan fingerprint density at radius 1 is 1.17 bits per heavy atom. The molecule has 0 amide bonds. The molecule has 0 aliphatic heterocycles. The van der Waals surface area contributed by atoms with Gasteiger partial charge in [0.1, 0.15) is 12.1 Å². The summed E-state index contributed by atoms with van der Waals surface area (Å²) < 4.78 is 1.64. The van der Waals surface area contributed by atoms with Crippen molar-refractivity contribution >= 4 is 16.9 Å². The molecule has 3 aromatic rings. The molecule has 3 aromatic heterocycles. The molecule has 0 aromatic carbocycles. The van der Waals surface area contributed by atoms with Gasteiger partial charge in [0.2, 0.25) is 0 Å². The highest BCUT2D eigenvalue weighted by molar-refractivity contribution is 5.86. The van der Waals surface area contributed by atoms with Crippen LogP contribution >= 0.6 is 0 Å². The van der Waals surface area contributed by atoms with E-state index in [9.17, 15) is 0 Å². The number of nitrogens with zero attached hydrogens (tertiary/aromatic N) is 6. The predicted octanol–water partition coefficient (Wildman–Crippen LogP) is 1.04. The van der Waals surface area contributed by atoms with Crippen molar-refractivity contribution in [1.29, 1.82) is 0 Å². The molecule has 3 heterocycles. The van der Waals surface area contributed by atoms with Gasteiger partial charge in [-0.2, -0.15) is 9.78 Å². The summed E-state index contributed by atoms with van der Waals surface area (Å²) in [6.45, 7) is 2.81. The van der Waals surface area contributed by atoms with Gasteiger partial charge in [-0.25, -0.2) is 15.0 Å². The molecule has 7 nitrogen and oxygen atoms in total. The van der Waals surface area contributed by atoms with Gasteiger partial charge in [-0.1, -0.05) is 0 Å². The average molecular weight is 241 g/mol. The van der Waals surface area contributed by atoms with Crippen LogP contribution in [-0.2, 0) is 0 Å². The van der Waals surface area contributed by atoms with E-state index in [4.69, 9.17) is 0 Å². The highest BCUT2D eigenvalue weighted by Crippen LogP contribution is 2.19. The van der Waals surface area contributed by atoms with Crippen LogP contribution in [-0.4, -0.2) is 36.3 Å². The summed E-state index contributed by atoms with van der Waals surface area (Å²) in [5, 5.41) is 8.32. The molecule has 0 saturated heterocycles. The molecular weight excluding hydrogens is 230 g/mol. The van der Waals surface area contributed by atoms with Crippen LogP contribution in [0, 0.1) is 0 Å². The minimum Gasteiger partial charge on any atom is -0.370 e. The van der Waals surface area contributed by atoms with E-state index in [-0.39, 0.29) is 0 Å². The summed E-state index contributed by atoms with van der Waals surface area (Å²) in [6, 6.07) is 0. The van der Waals surface area contributed by atoms with Crippen LogP contribution in [0.1, 0.15) is 6.92 Å². The van der Waals surface area contributed by atoms with Gasteiger partial charge in [0.15, 0.2) is 11.5 Å². The van der Waals surface area contributed by atoms with Gasteiger partial charge in [0.05, 0.1) is 17.8 Å². The van der Waals surface area contributed by atoms with Crippen LogP contribution in [0.25, 0.3) is 16.9 Å². The third kappa shape index (κ3) is 1.65. The maximum Gasteiger partial charge on any atom is 0.174 e. The zero-order chi connectivity index (χ0) is 12.4. The Labute approximate surface area is 103 Å². The van der Waals surface area contributed by atoms with Gasteiger partial charge in [-0.3, -0.25) is 4.98 Å². The number of hydrogen-bond acceptors (Lipinski definition) is 6. The number of aromatic nitrogens is 6. The molecule has 0 bridgehead atoms. The summed E-state index contributed by atoms with van der Waals surface area (Å²) >= 11 is 0. The number of hydrogen-bond donors (Lipinski definition) is 1. The molecule has 0 unspecified atom stereocenters. The monoisotopic (exact) mass is 241 g/mol. The fourth-order valence-electron chi connectivity index (χ4n) is 1.72. The fraction of sp³-hybridized carbons (Fsp3) is 0.182. The molecule has 0 radical (unpaired) electrons. The van der Waals surface area contributed by atoms with Gasteiger partial charge < -0.3 is 5.32 Å². The van der Waals surface area contributed by atoms with Crippen molar-refractivity contribution in [2.75, 3.05) is 11.9 Å². The summed E-state index contributed by atoms with van der Waals surface area (Å²) in [6.07, 6.45) is 8.11.